The number of benzene rings is 1. The van der Waals surface area contributed by atoms with E-state index in [0.717, 1.165) is 28.6 Å². The Hall–Kier alpha value is -1.34. The molecular formula is C15H19N3O2S. The molecule has 2 atom stereocenters. The summed E-state index contributed by atoms with van der Waals surface area (Å²) in [6, 6.07) is 10.3. The molecule has 5 nitrogen and oxygen atoms in total. The summed E-state index contributed by atoms with van der Waals surface area (Å²) >= 11 is 1.62. The molecule has 1 aromatic carbocycles. The summed E-state index contributed by atoms with van der Waals surface area (Å²) in [7, 11) is 1.75. The van der Waals surface area contributed by atoms with Gasteiger partial charge >= 0.3 is 0 Å². The molecule has 112 valence electrons. The van der Waals surface area contributed by atoms with Gasteiger partial charge < -0.3 is 14.8 Å². The summed E-state index contributed by atoms with van der Waals surface area (Å²) in [6.45, 7) is 2.15. The number of aromatic nitrogens is 2. The van der Waals surface area contributed by atoms with Crippen LogP contribution in [0.25, 0.3) is 10.6 Å². The zero-order valence-corrected chi connectivity index (χ0v) is 12.8. The van der Waals surface area contributed by atoms with Gasteiger partial charge in [0.05, 0.1) is 25.3 Å². The van der Waals surface area contributed by atoms with Crippen molar-refractivity contribution in [3.8, 4) is 10.6 Å². The maximum absolute atomic E-state index is 5.50. The third-order valence-electron chi connectivity index (χ3n) is 3.60. The van der Waals surface area contributed by atoms with Gasteiger partial charge in [-0.2, -0.15) is 0 Å². The molecule has 0 bridgehead atoms. The van der Waals surface area contributed by atoms with Crippen LogP contribution in [0.1, 0.15) is 11.4 Å². The van der Waals surface area contributed by atoms with Crippen LogP contribution in [0.15, 0.2) is 30.3 Å². The predicted octanol–water partition coefficient (Wildman–Crippen LogP) is 2.10. The predicted molar refractivity (Wildman–Crippen MR) is 82.2 cm³/mol. The van der Waals surface area contributed by atoms with Gasteiger partial charge in [0.1, 0.15) is 10.0 Å². The number of ether oxygens (including phenoxy) is 2. The molecule has 1 aliphatic heterocycles. The lowest BCUT2D eigenvalue weighted by atomic mass is 10.1. The van der Waals surface area contributed by atoms with Crippen molar-refractivity contribution in [2.24, 2.45) is 0 Å². The first-order valence-electron chi connectivity index (χ1n) is 7.08. The van der Waals surface area contributed by atoms with Crippen LogP contribution in [0.3, 0.4) is 0 Å². The van der Waals surface area contributed by atoms with E-state index in [1.54, 1.807) is 18.4 Å². The summed E-state index contributed by atoms with van der Waals surface area (Å²) < 4.78 is 11.0. The van der Waals surface area contributed by atoms with Gasteiger partial charge in [-0.25, -0.2) is 0 Å². The van der Waals surface area contributed by atoms with E-state index < -0.39 is 0 Å². The van der Waals surface area contributed by atoms with Crippen molar-refractivity contribution in [3.05, 3.63) is 35.3 Å². The van der Waals surface area contributed by atoms with Crippen molar-refractivity contribution in [3.63, 3.8) is 0 Å². The van der Waals surface area contributed by atoms with E-state index >= 15 is 0 Å². The number of hydrogen-bond acceptors (Lipinski definition) is 6. The van der Waals surface area contributed by atoms with E-state index in [0.29, 0.717) is 13.2 Å². The Morgan fingerprint density at radius 2 is 2.19 bits per heavy atom. The monoisotopic (exact) mass is 305 g/mol. The number of nitrogens with zero attached hydrogens (tertiary/aromatic N) is 2. The van der Waals surface area contributed by atoms with E-state index in [2.05, 4.69) is 15.5 Å². The van der Waals surface area contributed by atoms with E-state index in [9.17, 15) is 0 Å². The molecule has 0 amide bonds. The van der Waals surface area contributed by atoms with Gasteiger partial charge in [0.15, 0.2) is 0 Å². The minimum absolute atomic E-state index is 0.209. The quantitative estimate of drug-likeness (QED) is 0.917. The van der Waals surface area contributed by atoms with Crippen LogP contribution in [0, 0.1) is 0 Å². The minimum Gasteiger partial charge on any atom is -0.380 e. The lowest BCUT2D eigenvalue weighted by molar-refractivity contribution is -0.0374. The zero-order chi connectivity index (χ0) is 14.5. The number of hydrogen-bond donors (Lipinski definition) is 1. The maximum Gasteiger partial charge on any atom is 0.147 e. The molecule has 6 heteroatoms. The van der Waals surface area contributed by atoms with Crippen LogP contribution in [0.4, 0.5) is 0 Å². The fourth-order valence-corrected chi connectivity index (χ4v) is 3.23. The third kappa shape index (κ3) is 3.65. The summed E-state index contributed by atoms with van der Waals surface area (Å²) in [4.78, 5) is 0. The fraction of sp³-hybridized carbons (Fsp3) is 0.467. The topological polar surface area (TPSA) is 56.3 Å². The average Bonchev–Trinajstić information content (AvgIpc) is 3.03. The van der Waals surface area contributed by atoms with Gasteiger partial charge in [-0.05, 0) is 6.42 Å². The second-order valence-electron chi connectivity index (χ2n) is 4.99. The largest absolute Gasteiger partial charge is 0.380 e. The molecule has 1 fully saturated rings. The first-order chi connectivity index (χ1) is 10.4. The molecule has 0 radical (unpaired) electrons. The molecule has 1 aliphatic rings. The molecule has 1 aromatic heterocycles. The summed E-state index contributed by atoms with van der Waals surface area (Å²) in [5.74, 6) is 0. The van der Waals surface area contributed by atoms with E-state index in [1.807, 2.05) is 30.3 Å². The first-order valence-corrected chi connectivity index (χ1v) is 7.90. The molecule has 0 aliphatic carbocycles. The van der Waals surface area contributed by atoms with Crippen molar-refractivity contribution >= 4 is 11.3 Å². The Bertz CT molecular complexity index is 561. The summed E-state index contributed by atoms with van der Waals surface area (Å²) in [5, 5.41) is 13.9. The third-order valence-corrected chi connectivity index (χ3v) is 4.57. The van der Waals surface area contributed by atoms with Gasteiger partial charge in [-0.15, -0.1) is 10.2 Å². The lowest BCUT2D eigenvalue weighted by Gasteiger charge is -2.30. The van der Waals surface area contributed by atoms with Crippen LogP contribution in [-0.2, 0) is 16.0 Å². The second kappa shape index (κ2) is 7.09. The SMILES string of the molecule is CO[C@@H]1CCOC[C@H]1NCc1nnc(-c2ccccc2)s1. The Morgan fingerprint density at radius 3 is 3.00 bits per heavy atom. The lowest BCUT2D eigenvalue weighted by Crippen LogP contribution is -2.47. The highest BCUT2D eigenvalue weighted by Gasteiger charge is 2.25. The van der Waals surface area contributed by atoms with Crippen molar-refractivity contribution in [1.29, 1.82) is 0 Å². The number of nitrogens with one attached hydrogen (secondary N) is 1. The van der Waals surface area contributed by atoms with Crippen LogP contribution in [0.5, 0.6) is 0 Å². The highest BCUT2D eigenvalue weighted by molar-refractivity contribution is 7.14. The first kappa shape index (κ1) is 14.6. The van der Waals surface area contributed by atoms with Crippen LogP contribution in [-0.4, -0.2) is 42.7 Å². The smallest absolute Gasteiger partial charge is 0.147 e. The van der Waals surface area contributed by atoms with Crippen molar-refractivity contribution in [2.45, 2.75) is 25.1 Å². The Balaban J connectivity index is 1.60. The van der Waals surface area contributed by atoms with Crippen LogP contribution < -0.4 is 5.32 Å². The van der Waals surface area contributed by atoms with Crippen molar-refractivity contribution < 1.29 is 9.47 Å². The molecule has 0 saturated carbocycles. The highest BCUT2D eigenvalue weighted by Crippen LogP contribution is 2.23. The number of methoxy groups -OCH3 is 1. The molecule has 1 N–H and O–H groups in total. The molecule has 0 unspecified atom stereocenters. The van der Waals surface area contributed by atoms with E-state index in [-0.39, 0.29) is 12.1 Å². The standard InChI is InChI=1S/C15H19N3O2S/c1-19-13-7-8-20-10-12(13)16-9-14-17-18-15(21-14)11-5-3-2-4-6-11/h2-6,12-13,16H,7-10H2,1H3/t12-,13-/m1/s1. The van der Waals surface area contributed by atoms with Gasteiger partial charge in [-0.3, -0.25) is 0 Å². The van der Waals surface area contributed by atoms with Crippen molar-refractivity contribution in [1.82, 2.24) is 15.5 Å². The number of rotatable bonds is 5. The highest BCUT2D eigenvalue weighted by atomic mass is 32.1. The van der Waals surface area contributed by atoms with Gasteiger partial charge in [-0.1, -0.05) is 41.7 Å². The van der Waals surface area contributed by atoms with Crippen molar-refractivity contribution in [2.75, 3.05) is 20.3 Å². The Kier molecular flexibility index (Phi) is 4.92. The second-order valence-corrected chi connectivity index (χ2v) is 6.05. The molecule has 3 rings (SSSR count). The molecular weight excluding hydrogens is 286 g/mol. The van der Waals surface area contributed by atoms with Gasteiger partial charge in [0.25, 0.3) is 0 Å². The van der Waals surface area contributed by atoms with E-state index in [1.165, 1.54) is 0 Å². The maximum atomic E-state index is 5.50. The summed E-state index contributed by atoms with van der Waals surface area (Å²) in [5.41, 5.74) is 1.11. The normalized spacial score (nSPS) is 22.3. The van der Waals surface area contributed by atoms with Gasteiger partial charge in [0, 0.05) is 19.3 Å². The molecule has 2 aromatic rings. The fourth-order valence-electron chi connectivity index (χ4n) is 2.43. The summed E-state index contributed by atoms with van der Waals surface area (Å²) in [6.07, 6.45) is 1.14. The van der Waals surface area contributed by atoms with E-state index in [4.69, 9.17) is 9.47 Å². The zero-order valence-electron chi connectivity index (χ0n) is 12.0. The molecule has 2 heterocycles. The van der Waals surface area contributed by atoms with Crippen LogP contribution >= 0.6 is 11.3 Å². The van der Waals surface area contributed by atoms with Gasteiger partial charge in [0.2, 0.25) is 0 Å². The Labute approximate surface area is 128 Å². The average molecular weight is 305 g/mol. The Morgan fingerprint density at radius 1 is 1.33 bits per heavy atom. The minimum atomic E-state index is 0.209. The molecule has 21 heavy (non-hydrogen) atoms. The van der Waals surface area contributed by atoms with Crippen LogP contribution in [0.2, 0.25) is 0 Å². The molecule has 0 spiro atoms. The molecule has 1 saturated heterocycles.